The highest BCUT2D eigenvalue weighted by atomic mass is 35.5. The Morgan fingerprint density at radius 2 is 1.83 bits per heavy atom. The van der Waals surface area contributed by atoms with Crippen molar-refractivity contribution in [3.63, 3.8) is 0 Å². The van der Waals surface area contributed by atoms with Gasteiger partial charge in [-0.2, -0.15) is 0 Å². The molecule has 3 aliphatic rings. The normalized spacial score (nSPS) is 20.7. The summed E-state index contributed by atoms with van der Waals surface area (Å²) in [4.78, 5) is 26.3. The van der Waals surface area contributed by atoms with Crippen molar-refractivity contribution in [1.82, 2.24) is 20.2 Å². The average molecular weight is 587 g/mol. The van der Waals surface area contributed by atoms with E-state index in [1.807, 2.05) is 37.4 Å². The molecule has 3 aliphatic heterocycles. The quantitative estimate of drug-likeness (QED) is 0.279. The zero-order chi connectivity index (χ0) is 29.0. The van der Waals surface area contributed by atoms with E-state index in [2.05, 4.69) is 20.5 Å². The minimum atomic E-state index is -0.651. The molecule has 1 aromatic heterocycles. The van der Waals surface area contributed by atoms with Gasteiger partial charge in [-0.3, -0.25) is 4.79 Å². The molecule has 3 aromatic carbocycles. The molecule has 10 heteroatoms. The van der Waals surface area contributed by atoms with E-state index >= 15 is 0 Å². The molecule has 4 heterocycles. The van der Waals surface area contributed by atoms with Gasteiger partial charge in [0.25, 0.3) is 5.91 Å². The zero-order valence-corrected chi connectivity index (χ0v) is 23.7. The van der Waals surface area contributed by atoms with Gasteiger partial charge in [0, 0.05) is 52.7 Å². The number of nitrogens with one attached hydrogen (secondary N) is 2. The SMILES string of the molecule is CNC1CC2CCC1N2C(=O)c1ccc(Nc2ncc3c(n2)-c2ccc(Cl)cc2N(c2c(F)cccc2F)CC3)cc1. The highest BCUT2D eigenvalue weighted by molar-refractivity contribution is 6.31. The van der Waals surface area contributed by atoms with Crippen molar-refractivity contribution in [2.24, 2.45) is 0 Å². The van der Waals surface area contributed by atoms with E-state index in [-0.39, 0.29) is 17.6 Å². The highest BCUT2D eigenvalue weighted by Crippen LogP contribution is 2.42. The van der Waals surface area contributed by atoms with Crippen molar-refractivity contribution in [3.8, 4) is 11.3 Å². The number of anilines is 4. The van der Waals surface area contributed by atoms with Crippen LogP contribution in [0.25, 0.3) is 11.3 Å². The van der Waals surface area contributed by atoms with E-state index < -0.39 is 11.6 Å². The minimum absolute atomic E-state index is 0.0687. The first-order valence-electron chi connectivity index (χ1n) is 14.2. The molecular weight excluding hydrogens is 558 g/mol. The number of halogens is 3. The molecule has 2 fully saturated rings. The minimum Gasteiger partial charge on any atom is -0.336 e. The summed E-state index contributed by atoms with van der Waals surface area (Å²) >= 11 is 6.35. The molecule has 1 amide bonds. The molecule has 4 aromatic rings. The summed E-state index contributed by atoms with van der Waals surface area (Å²) in [6, 6.07) is 17.4. The fourth-order valence-corrected chi connectivity index (χ4v) is 6.90. The van der Waals surface area contributed by atoms with Crippen LogP contribution in [-0.4, -0.2) is 52.5 Å². The maximum atomic E-state index is 14.9. The summed E-state index contributed by atoms with van der Waals surface area (Å²) in [6.45, 7) is 0.317. The summed E-state index contributed by atoms with van der Waals surface area (Å²) in [6.07, 6.45) is 5.32. The topological polar surface area (TPSA) is 73.4 Å². The lowest BCUT2D eigenvalue weighted by Crippen LogP contribution is -2.41. The van der Waals surface area contributed by atoms with Crippen LogP contribution < -0.4 is 15.5 Å². The molecule has 214 valence electrons. The first kappa shape index (κ1) is 26.8. The second-order valence-electron chi connectivity index (χ2n) is 11.0. The zero-order valence-electron chi connectivity index (χ0n) is 22.9. The summed E-state index contributed by atoms with van der Waals surface area (Å²) in [7, 11) is 1.96. The van der Waals surface area contributed by atoms with Crippen molar-refractivity contribution in [2.45, 2.75) is 43.8 Å². The smallest absolute Gasteiger partial charge is 0.254 e. The van der Waals surface area contributed by atoms with Crippen LogP contribution in [0.15, 0.2) is 66.9 Å². The molecule has 3 atom stereocenters. The van der Waals surface area contributed by atoms with Gasteiger partial charge in [0.2, 0.25) is 5.95 Å². The predicted molar refractivity (Wildman–Crippen MR) is 160 cm³/mol. The number of rotatable bonds is 5. The van der Waals surface area contributed by atoms with E-state index in [0.717, 1.165) is 30.5 Å². The third-order valence-corrected chi connectivity index (χ3v) is 8.95. The lowest BCUT2D eigenvalue weighted by Gasteiger charge is -2.26. The number of benzene rings is 3. The first-order valence-corrected chi connectivity index (χ1v) is 14.5. The van der Waals surface area contributed by atoms with Crippen LogP contribution in [-0.2, 0) is 6.42 Å². The summed E-state index contributed by atoms with van der Waals surface area (Å²) in [5.41, 5.74) is 4.04. The van der Waals surface area contributed by atoms with E-state index in [1.54, 1.807) is 23.2 Å². The Bertz CT molecular complexity index is 1660. The number of para-hydroxylation sites is 1. The number of nitrogens with zero attached hydrogens (tertiary/aromatic N) is 4. The lowest BCUT2D eigenvalue weighted by molar-refractivity contribution is 0.0724. The number of carbonyl (C=O) groups is 1. The average Bonchev–Trinajstić information content (AvgIpc) is 3.53. The maximum Gasteiger partial charge on any atom is 0.254 e. The summed E-state index contributed by atoms with van der Waals surface area (Å²) < 4.78 is 29.7. The summed E-state index contributed by atoms with van der Waals surface area (Å²) in [5, 5.41) is 7.05. The van der Waals surface area contributed by atoms with Crippen molar-refractivity contribution in [1.29, 1.82) is 0 Å². The highest BCUT2D eigenvalue weighted by Gasteiger charge is 2.48. The third-order valence-electron chi connectivity index (χ3n) is 8.71. The van der Waals surface area contributed by atoms with Crippen LogP contribution in [0.1, 0.15) is 35.2 Å². The molecule has 2 bridgehead atoms. The van der Waals surface area contributed by atoms with Crippen LogP contribution in [0.4, 0.5) is 31.8 Å². The molecule has 2 saturated heterocycles. The molecule has 3 unspecified atom stereocenters. The van der Waals surface area contributed by atoms with Crippen molar-refractivity contribution >= 4 is 40.5 Å². The molecule has 0 aliphatic carbocycles. The number of aromatic nitrogens is 2. The van der Waals surface area contributed by atoms with Gasteiger partial charge in [-0.15, -0.1) is 0 Å². The molecule has 42 heavy (non-hydrogen) atoms. The number of hydrogen-bond donors (Lipinski definition) is 2. The molecule has 2 N–H and O–H groups in total. The van der Waals surface area contributed by atoms with Crippen LogP contribution in [0.5, 0.6) is 0 Å². The molecule has 0 spiro atoms. The van der Waals surface area contributed by atoms with E-state index in [1.165, 1.54) is 18.2 Å². The van der Waals surface area contributed by atoms with Crippen LogP contribution >= 0.6 is 11.6 Å². The fraction of sp³-hybridized carbons (Fsp3) is 0.281. The largest absolute Gasteiger partial charge is 0.336 e. The third kappa shape index (κ3) is 4.57. The van der Waals surface area contributed by atoms with Crippen molar-refractivity contribution in [3.05, 3.63) is 94.6 Å². The van der Waals surface area contributed by atoms with Gasteiger partial charge in [0.05, 0.1) is 11.4 Å². The Hall–Kier alpha value is -4.08. The van der Waals surface area contributed by atoms with E-state index in [4.69, 9.17) is 16.6 Å². The maximum absolute atomic E-state index is 14.9. The second-order valence-corrected chi connectivity index (χ2v) is 11.5. The number of likely N-dealkylation sites (N-methyl/N-ethyl adjacent to an activating group) is 1. The molecular formula is C32H29ClF2N6O. The Labute approximate surface area is 247 Å². The van der Waals surface area contributed by atoms with Crippen molar-refractivity contribution < 1.29 is 13.6 Å². The van der Waals surface area contributed by atoms with Crippen LogP contribution in [0, 0.1) is 11.6 Å². The van der Waals surface area contributed by atoms with E-state index in [9.17, 15) is 13.6 Å². The first-order chi connectivity index (χ1) is 20.4. The van der Waals surface area contributed by atoms with E-state index in [0.29, 0.717) is 58.5 Å². The van der Waals surface area contributed by atoms with Gasteiger partial charge in [-0.05, 0) is 92.9 Å². The second kappa shape index (κ2) is 10.6. The van der Waals surface area contributed by atoms with Gasteiger partial charge >= 0.3 is 0 Å². The summed E-state index contributed by atoms with van der Waals surface area (Å²) in [5.74, 6) is -0.865. The van der Waals surface area contributed by atoms with Gasteiger partial charge in [-0.1, -0.05) is 17.7 Å². The Kier molecular flexibility index (Phi) is 6.79. The molecule has 0 radical (unpaired) electrons. The number of fused-ring (bicyclic) bond motifs is 5. The van der Waals surface area contributed by atoms with Gasteiger partial charge in [0.1, 0.15) is 17.3 Å². The van der Waals surface area contributed by atoms with Gasteiger partial charge in [0.15, 0.2) is 0 Å². The Balaban J connectivity index is 1.16. The lowest BCUT2D eigenvalue weighted by atomic mass is 9.96. The number of hydrogen-bond acceptors (Lipinski definition) is 6. The Morgan fingerprint density at radius 3 is 2.57 bits per heavy atom. The number of carbonyl (C=O) groups excluding carboxylic acids is 1. The van der Waals surface area contributed by atoms with Crippen LogP contribution in [0.2, 0.25) is 5.02 Å². The molecule has 0 saturated carbocycles. The standard InChI is InChI=1S/C32H29ClF2N6O/c1-36-26-16-22-10-12-27(26)41(22)31(42)18-5-8-21(9-6-18)38-32-37-17-19-13-14-40(30-24(34)3-2-4-25(30)35)28-15-20(33)7-11-23(28)29(19)39-32/h2-9,11,15,17,22,26-27,36H,10,12-14,16H2,1H3,(H,37,38,39). The fourth-order valence-electron chi connectivity index (χ4n) is 6.73. The van der Waals surface area contributed by atoms with Gasteiger partial charge in [-0.25, -0.2) is 18.7 Å². The predicted octanol–water partition coefficient (Wildman–Crippen LogP) is 6.48. The Morgan fingerprint density at radius 1 is 1.05 bits per heavy atom. The molecule has 7 rings (SSSR count). The van der Waals surface area contributed by atoms with Crippen molar-refractivity contribution in [2.75, 3.05) is 23.8 Å². The monoisotopic (exact) mass is 586 g/mol. The number of amides is 1. The molecule has 7 nitrogen and oxygen atoms in total. The van der Waals surface area contributed by atoms with Gasteiger partial charge < -0.3 is 20.4 Å². The van der Waals surface area contributed by atoms with Crippen LogP contribution in [0.3, 0.4) is 0 Å².